The highest BCUT2D eigenvalue weighted by Gasteiger charge is 2.38. The van der Waals surface area contributed by atoms with Crippen molar-refractivity contribution in [2.75, 3.05) is 0 Å². The van der Waals surface area contributed by atoms with Gasteiger partial charge in [0.15, 0.2) is 0 Å². The van der Waals surface area contributed by atoms with Gasteiger partial charge >= 0.3 is 5.97 Å². The molecule has 0 fully saturated rings. The molecule has 2 aromatic carbocycles. The van der Waals surface area contributed by atoms with Crippen molar-refractivity contribution in [3.63, 3.8) is 0 Å². The highest BCUT2D eigenvalue weighted by Crippen LogP contribution is 2.22. The van der Waals surface area contributed by atoms with E-state index in [4.69, 9.17) is 4.84 Å². The largest absolute Gasteiger partial charge is 0.354 e. The maximum atomic E-state index is 12.2. The van der Waals surface area contributed by atoms with Crippen LogP contribution in [0.4, 0.5) is 0 Å². The van der Waals surface area contributed by atoms with E-state index >= 15 is 0 Å². The molecule has 2 heterocycles. The van der Waals surface area contributed by atoms with Crippen LogP contribution < -0.4 is 0 Å². The highest BCUT2D eigenvalue weighted by atomic mass is 16.7. The second-order valence-corrected chi connectivity index (χ2v) is 5.58. The van der Waals surface area contributed by atoms with Crippen LogP contribution in [-0.2, 0) is 16.2 Å². The Kier molecular flexibility index (Phi) is 3.77. The fraction of sp³-hybridized carbons (Fsp3) is 0.0556. The fourth-order valence-electron chi connectivity index (χ4n) is 2.63. The van der Waals surface area contributed by atoms with E-state index in [-0.39, 0.29) is 17.7 Å². The maximum absolute atomic E-state index is 12.2. The van der Waals surface area contributed by atoms with Crippen molar-refractivity contribution < 1.29 is 19.2 Å². The number of fused-ring (bicyclic) bond motifs is 1. The van der Waals surface area contributed by atoms with E-state index in [1.54, 1.807) is 18.3 Å². The van der Waals surface area contributed by atoms with Gasteiger partial charge in [0.1, 0.15) is 12.2 Å². The molecule has 4 rings (SSSR count). The summed E-state index contributed by atoms with van der Waals surface area (Å²) >= 11 is 0. The van der Waals surface area contributed by atoms with Gasteiger partial charge in [0.2, 0.25) is 0 Å². The summed E-state index contributed by atoms with van der Waals surface area (Å²) in [7, 11) is 0. The van der Waals surface area contributed by atoms with Crippen LogP contribution >= 0.6 is 0 Å². The average Bonchev–Trinajstić information content (AvgIpc) is 3.22. The molecule has 1 aliphatic heterocycles. The lowest BCUT2D eigenvalue weighted by Gasteiger charge is -2.12. The van der Waals surface area contributed by atoms with Crippen molar-refractivity contribution in [1.29, 1.82) is 0 Å². The van der Waals surface area contributed by atoms with Crippen LogP contribution in [-0.4, -0.2) is 37.8 Å². The number of hydrogen-bond acceptors (Lipinski definition) is 6. The maximum Gasteiger partial charge on any atom is 0.354 e. The van der Waals surface area contributed by atoms with Crippen LogP contribution in [0.15, 0.2) is 60.8 Å². The van der Waals surface area contributed by atoms with Gasteiger partial charge in [0.05, 0.1) is 17.3 Å². The summed E-state index contributed by atoms with van der Waals surface area (Å²) in [5.41, 5.74) is 1.86. The second-order valence-electron chi connectivity index (χ2n) is 5.58. The zero-order valence-corrected chi connectivity index (χ0v) is 13.4. The van der Waals surface area contributed by atoms with E-state index in [1.165, 1.54) is 16.8 Å². The summed E-state index contributed by atoms with van der Waals surface area (Å²) in [6.45, 7) is -0.284. The third-order valence-electron chi connectivity index (χ3n) is 3.85. The van der Waals surface area contributed by atoms with Crippen LogP contribution in [0.3, 0.4) is 0 Å². The number of amides is 2. The molecule has 0 saturated carbocycles. The normalized spacial score (nSPS) is 13.0. The predicted molar refractivity (Wildman–Crippen MR) is 88.5 cm³/mol. The number of hydrogen-bond donors (Lipinski definition) is 0. The molecule has 1 aromatic heterocycles. The van der Waals surface area contributed by atoms with Crippen molar-refractivity contribution in [3.05, 3.63) is 71.9 Å². The van der Waals surface area contributed by atoms with Crippen LogP contribution in [0.1, 0.15) is 20.7 Å². The molecule has 0 spiro atoms. The molecular formula is C18H12N4O4. The van der Waals surface area contributed by atoms with E-state index in [1.807, 2.05) is 30.3 Å². The molecule has 8 heteroatoms. The van der Waals surface area contributed by atoms with E-state index < -0.39 is 17.8 Å². The van der Waals surface area contributed by atoms with Gasteiger partial charge in [-0.3, -0.25) is 9.59 Å². The molecule has 0 bridgehead atoms. The molecule has 2 amide bonds. The van der Waals surface area contributed by atoms with Gasteiger partial charge in [-0.15, -0.1) is 5.10 Å². The summed E-state index contributed by atoms with van der Waals surface area (Å²) in [5, 5.41) is 8.33. The highest BCUT2D eigenvalue weighted by molar-refractivity contribution is 6.20. The minimum atomic E-state index is -0.802. The first-order valence-corrected chi connectivity index (χ1v) is 7.77. The van der Waals surface area contributed by atoms with Crippen LogP contribution in [0.25, 0.3) is 11.3 Å². The Morgan fingerprint density at radius 3 is 2.19 bits per heavy atom. The minimum Gasteiger partial charge on any atom is -0.328 e. The molecule has 26 heavy (non-hydrogen) atoms. The number of imide groups is 1. The van der Waals surface area contributed by atoms with E-state index in [0.29, 0.717) is 10.8 Å². The molecule has 0 N–H and O–H groups in total. The summed E-state index contributed by atoms with van der Waals surface area (Å²) in [4.78, 5) is 41.4. The van der Waals surface area contributed by atoms with Crippen molar-refractivity contribution in [3.8, 4) is 11.3 Å². The van der Waals surface area contributed by atoms with Gasteiger partial charge in [-0.2, -0.15) is 0 Å². The Morgan fingerprint density at radius 2 is 1.54 bits per heavy atom. The van der Waals surface area contributed by atoms with Crippen LogP contribution in [0, 0.1) is 0 Å². The molecule has 3 aromatic rings. The lowest BCUT2D eigenvalue weighted by atomic mass is 10.1. The zero-order valence-electron chi connectivity index (χ0n) is 13.4. The Hall–Kier alpha value is -3.81. The summed E-state index contributed by atoms with van der Waals surface area (Å²) < 4.78 is 1.28. The van der Waals surface area contributed by atoms with Gasteiger partial charge in [-0.1, -0.05) is 52.7 Å². The van der Waals surface area contributed by atoms with Gasteiger partial charge in [0, 0.05) is 5.56 Å². The molecule has 0 unspecified atom stereocenters. The Labute approximate surface area is 147 Å². The number of rotatable bonds is 4. The van der Waals surface area contributed by atoms with Crippen LogP contribution in [0.5, 0.6) is 0 Å². The van der Waals surface area contributed by atoms with Gasteiger partial charge in [0.25, 0.3) is 11.8 Å². The summed E-state index contributed by atoms with van der Waals surface area (Å²) in [6.07, 6.45) is 1.58. The SMILES string of the molecule is O=C(Cn1cc(-c2ccccc2)nn1)ON1C(=O)c2ccccc2C1=O. The molecule has 128 valence electrons. The molecule has 0 aliphatic carbocycles. The Balaban J connectivity index is 1.45. The monoisotopic (exact) mass is 348 g/mol. The van der Waals surface area contributed by atoms with Gasteiger partial charge in [-0.25, -0.2) is 9.48 Å². The number of hydroxylamine groups is 2. The van der Waals surface area contributed by atoms with E-state index in [2.05, 4.69) is 10.3 Å². The van der Waals surface area contributed by atoms with Crippen molar-refractivity contribution in [2.45, 2.75) is 6.54 Å². The Morgan fingerprint density at radius 1 is 0.923 bits per heavy atom. The number of aromatic nitrogens is 3. The van der Waals surface area contributed by atoms with E-state index in [9.17, 15) is 14.4 Å². The number of nitrogens with zero attached hydrogens (tertiary/aromatic N) is 4. The lowest BCUT2D eigenvalue weighted by molar-refractivity contribution is -0.169. The second kappa shape index (κ2) is 6.25. The first-order valence-electron chi connectivity index (χ1n) is 7.77. The number of benzene rings is 2. The molecule has 0 atom stereocenters. The predicted octanol–water partition coefficient (Wildman–Crippen LogP) is 1.70. The third-order valence-corrected chi connectivity index (χ3v) is 3.85. The molecule has 8 nitrogen and oxygen atoms in total. The van der Waals surface area contributed by atoms with Gasteiger partial charge < -0.3 is 4.84 Å². The quantitative estimate of drug-likeness (QED) is 0.666. The summed E-state index contributed by atoms with van der Waals surface area (Å²) in [5.74, 6) is -2.13. The smallest absolute Gasteiger partial charge is 0.328 e. The standard InChI is InChI=1S/C18H12N4O4/c23-16(11-21-10-15(19-20-21)12-6-2-1-3-7-12)26-22-17(24)13-8-4-5-9-14(13)18(22)25/h1-10H,11H2. The first kappa shape index (κ1) is 15.7. The van der Waals surface area contributed by atoms with Gasteiger partial charge in [-0.05, 0) is 12.1 Å². The first-order chi connectivity index (χ1) is 12.6. The zero-order chi connectivity index (χ0) is 18.1. The van der Waals surface area contributed by atoms with Crippen molar-refractivity contribution in [1.82, 2.24) is 20.1 Å². The average molecular weight is 348 g/mol. The van der Waals surface area contributed by atoms with E-state index in [0.717, 1.165) is 5.56 Å². The van der Waals surface area contributed by atoms with Crippen molar-refractivity contribution >= 4 is 17.8 Å². The number of carbonyl (C=O) groups excluding carboxylic acids is 3. The number of carbonyl (C=O) groups is 3. The molecule has 1 aliphatic rings. The molecule has 0 saturated heterocycles. The van der Waals surface area contributed by atoms with Crippen LogP contribution in [0.2, 0.25) is 0 Å². The lowest BCUT2D eigenvalue weighted by Crippen LogP contribution is -2.34. The Bertz CT molecular complexity index is 978. The topological polar surface area (TPSA) is 94.4 Å². The summed E-state index contributed by atoms with van der Waals surface area (Å²) in [6, 6.07) is 15.6. The molecular weight excluding hydrogens is 336 g/mol. The van der Waals surface area contributed by atoms with Crippen molar-refractivity contribution in [2.24, 2.45) is 0 Å². The molecule has 0 radical (unpaired) electrons. The third kappa shape index (κ3) is 2.73. The minimum absolute atomic E-state index is 0.206. The fourth-order valence-corrected chi connectivity index (χ4v) is 2.63.